The molecule has 7 nitrogen and oxygen atoms in total. The number of piperidine rings is 1. The number of hydrogen-bond donors (Lipinski definition) is 0. The normalized spacial score (nSPS) is 28.1. The molecule has 0 N–H and O–H groups in total. The molecule has 3 aliphatic rings. The van der Waals surface area contributed by atoms with Gasteiger partial charge in [-0.15, -0.1) is 0 Å². The van der Waals surface area contributed by atoms with Gasteiger partial charge in [-0.1, -0.05) is 19.0 Å². The van der Waals surface area contributed by atoms with Crippen molar-refractivity contribution in [1.82, 2.24) is 15.0 Å². The maximum atomic E-state index is 12.6. The number of ether oxygens (including phenoxy) is 2. The van der Waals surface area contributed by atoms with Crippen molar-refractivity contribution in [2.45, 2.75) is 57.5 Å². The predicted octanol–water partition coefficient (Wildman–Crippen LogP) is 2.47. The third kappa shape index (κ3) is 3.16. The van der Waals surface area contributed by atoms with Gasteiger partial charge in [0.25, 0.3) is 5.89 Å². The second-order valence-corrected chi connectivity index (χ2v) is 8.61. The van der Waals surface area contributed by atoms with Crippen molar-refractivity contribution < 1.29 is 18.8 Å². The van der Waals surface area contributed by atoms with E-state index in [1.54, 1.807) is 7.11 Å². The first-order valence-corrected chi connectivity index (χ1v) is 9.71. The molecular weight excluding hydrogens is 334 g/mol. The highest BCUT2D eigenvalue weighted by Crippen LogP contribution is 2.53. The minimum atomic E-state index is -0.577. The van der Waals surface area contributed by atoms with Crippen molar-refractivity contribution in [1.29, 1.82) is 0 Å². The molecule has 1 aromatic heterocycles. The summed E-state index contributed by atoms with van der Waals surface area (Å²) in [5, 5.41) is 4.22. The predicted molar refractivity (Wildman–Crippen MR) is 93.5 cm³/mol. The summed E-state index contributed by atoms with van der Waals surface area (Å²) in [7, 11) is 1.69. The Balaban J connectivity index is 1.43. The lowest BCUT2D eigenvalue weighted by Gasteiger charge is -2.38. The number of amides is 1. The van der Waals surface area contributed by atoms with Crippen LogP contribution in [0.3, 0.4) is 0 Å². The van der Waals surface area contributed by atoms with Crippen molar-refractivity contribution >= 4 is 5.91 Å². The van der Waals surface area contributed by atoms with E-state index in [-0.39, 0.29) is 17.2 Å². The summed E-state index contributed by atoms with van der Waals surface area (Å²) in [5.41, 5.74) is -0.412. The maximum absolute atomic E-state index is 12.6. The average Bonchev–Trinajstić information content (AvgIpc) is 3.08. The lowest BCUT2D eigenvalue weighted by atomic mass is 9.90. The van der Waals surface area contributed by atoms with E-state index < -0.39 is 5.60 Å². The number of hydrogen-bond acceptors (Lipinski definition) is 6. The second kappa shape index (κ2) is 6.60. The second-order valence-electron chi connectivity index (χ2n) is 8.61. The van der Waals surface area contributed by atoms with Crippen LogP contribution in [0.2, 0.25) is 0 Å². The molecule has 0 bridgehead atoms. The quantitative estimate of drug-likeness (QED) is 0.818. The fourth-order valence-electron chi connectivity index (χ4n) is 4.24. The lowest BCUT2D eigenvalue weighted by molar-refractivity contribution is -0.141. The fourth-order valence-corrected chi connectivity index (χ4v) is 4.24. The van der Waals surface area contributed by atoms with Gasteiger partial charge in [0, 0.05) is 58.1 Å². The number of carbonyl (C=O) groups is 1. The molecule has 3 fully saturated rings. The number of rotatable bonds is 4. The van der Waals surface area contributed by atoms with E-state index in [0.717, 1.165) is 38.3 Å². The molecule has 26 heavy (non-hydrogen) atoms. The number of nitrogens with zero attached hydrogens (tertiary/aromatic N) is 3. The van der Waals surface area contributed by atoms with Crippen LogP contribution in [0, 0.1) is 11.3 Å². The van der Waals surface area contributed by atoms with Crippen LogP contribution in [-0.4, -0.2) is 54.4 Å². The van der Waals surface area contributed by atoms with Gasteiger partial charge in [0.1, 0.15) is 5.60 Å². The first kappa shape index (κ1) is 17.9. The molecule has 1 aromatic rings. The minimum Gasteiger partial charge on any atom is -0.381 e. The van der Waals surface area contributed by atoms with Crippen molar-refractivity contribution in [3.8, 4) is 0 Å². The Labute approximate surface area is 154 Å². The van der Waals surface area contributed by atoms with Crippen LogP contribution in [0.25, 0.3) is 0 Å². The molecule has 1 amide bonds. The summed E-state index contributed by atoms with van der Waals surface area (Å²) >= 11 is 0. The van der Waals surface area contributed by atoms with Gasteiger partial charge in [-0.3, -0.25) is 4.79 Å². The van der Waals surface area contributed by atoms with Crippen LogP contribution in [-0.2, 0) is 19.9 Å². The highest BCUT2D eigenvalue weighted by molar-refractivity contribution is 5.82. The lowest BCUT2D eigenvalue weighted by Crippen LogP contribution is -2.47. The Kier molecular flexibility index (Phi) is 4.55. The molecule has 1 atom stereocenters. The van der Waals surface area contributed by atoms with Gasteiger partial charge in [0.2, 0.25) is 5.91 Å². The van der Waals surface area contributed by atoms with Crippen LogP contribution in [0.15, 0.2) is 4.52 Å². The number of carbonyl (C=O) groups excluding carboxylic acids is 1. The number of methoxy groups -OCH3 is 1. The summed E-state index contributed by atoms with van der Waals surface area (Å²) in [6.45, 7) is 7.17. The number of aromatic nitrogens is 2. The largest absolute Gasteiger partial charge is 0.381 e. The first-order valence-electron chi connectivity index (χ1n) is 9.71. The third-order valence-electron chi connectivity index (χ3n) is 6.50. The topological polar surface area (TPSA) is 77.7 Å². The standard InChI is InChI=1S/C19H29N3O4/c1-18(2)12-14(18)16(23)22-8-6-19(24-3,7-9-22)17-20-15(21-26-17)13-4-10-25-11-5-13/h13-14H,4-12H2,1-3H3/t14-/m1/s1. The zero-order chi connectivity index (χ0) is 18.4. The van der Waals surface area contributed by atoms with Gasteiger partial charge >= 0.3 is 0 Å². The summed E-state index contributed by atoms with van der Waals surface area (Å²) in [6.07, 6.45) is 4.24. The van der Waals surface area contributed by atoms with Crippen LogP contribution in [0.5, 0.6) is 0 Å². The summed E-state index contributed by atoms with van der Waals surface area (Å²) in [6, 6.07) is 0. The van der Waals surface area contributed by atoms with Gasteiger partial charge in [-0.05, 0) is 24.7 Å². The Bertz CT molecular complexity index is 657. The average molecular weight is 363 g/mol. The molecule has 1 aliphatic carbocycles. The van der Waals surface area contributed by atoms with E-state index in [9.17, 15) is 4.79 Å². The van der Waals surface area contributed by atoms with Gasteiger partial charge in [-0.2, -0.15) is 4.98 Å². The highest BCUT2D eigenvalue weighted by atomic mass is 16.5. The Morgan fingerprint density at radius 3 is 2.46 bits per heavy atom. The van der Waals surface area contributed by atoms with Gasteiger partial charge < -0.3 is 18.9 Å². The van der Waals surface area contributed by atoms with E-state index in [1.165, 1.54) is 0 Å². The molecule has 0 unspecified atom stereocenters. The molecule has 4 rings (SSSR count). The molecule has 1 saturated carbocycles. The van der Waals surface area contributed by atoms with E-state index in [0.29, 0.717) is 37.7 Å². The molecule has 2 aliphatic heterocycles. The molecular formula is C19H29N3O4. The first-order chi connectivity index (χ1) is 12.5. The van der Waals surface area contributed by atoms with Crippen LogP contribution in [0.1, 0.15) is 63.6 Å². The Morgan fingerprint density at radius 2 is 1.88 bits per heavy atom. The Hall–Kier alpha value is -1.47. The Morgan fingerprint density at radius 1 is 1.23 bits per heavy atom. The monoisotopic (exact) mass is 363 g/mol. The molecule has 2 saturated heterocycles. The van der Waals surface area contributed by atoms with Crippen molar-refractivity contribution in [3.63, 3.8) is 0 Å². The van der Waals surface area contributed by atoms with Crippen LogP contribution < -0.4 is 0 Å². The van der Waals surface area contributed by atoms with E-state index in [2.05, 4.69) is 24.0 Å². The van der Waals surface area contributed by atoms with Crippen LogP contribution >= 0.6 is 0 Å². The van der Waals surface area contributed by atoms with Gasteiger partial charge in [0.05, 0.1) is 0 Å². The minimum absolute atomic E-state index is 0.165. The SMILES string of the molecule is COC1(c2nc(C3CCOCC3)no2)CCN(C(=O)[C@H]2CC2(C)C)CC1. The van der Waals surface area contributed by atoms with E-state index in [4.69, 9.17) is 14.0 Å². The molecule has 0 spiro atoms. The van der Waals surface area contributed by atoms with Crippen LogP contribution in [0.4, 0.5) is 0 Å². The maximum Gasteiger partial charge on any atom is 0.259 e. The summed E-state index contributed by atoms with van der Waals surface area (Å²) < 4.78 is 16.9. The van der Waals surface area contributed by atoms with Crippen molar-refractivity contribution in [3.05, 3.63) is 11.7 Å². The number of likely N-dealkylation sites (tertiary alicyclic amines) is 1. The third-order valence-corrected chi connectivity index (χ3v) is 6.50. The molecule has 3 heterocycles. The zero-order valence-electron chi connectivity index (χ0n) is 16.0. The molecule has 7 heteroatoms. The van der Waals surface area contributed by atoms with Gasteiger partial charge in [-0.25, -0.2) is 0 Å². The van der Waals surface area contributed by atoms with Crippen molar-refractivity contribution in [2.75, 3.05) is 33.4 Å². The zero-order valence-corrected chi connectivity index (χ0v) is 16.0. The van der Waals surface area contributed by atoms with E-state index >= 15 is 0 Å². The van der Waals surface area contributed by atoms with Gasteiger partial charge in [0.15, 0.2) is 5.82 Å². The summed E-state index contributed by atoms with van der Waals surface area (Å²) in [5.74, 6) is 2.08. The molecule has 0 radical (unpaired) electrons. The summed E-state index contributed by atoms with van der Waals surface area (Å²) in [4.78, 5) is 19.3. The smallest absolute Gasteiger partial charge is 0.259 e. The fraction of sp³-hybridized carbons (Fsp3) is 0.842. The van der Waals surface area contributed by atoms with Crippen molar-refractivity contribution in [2.24, 2.45) is 11.3 Å². The molecule has 0 aromatic carbocycles. The molecule has 144 valence electrons. The highest BCUT2D eigenvalue weighted by Gasteiger charge is 2.53. The van der Waals surface area contributed by atoms with E-state index in [1.807, 2.05) is 4.90 Å².